The first-order valence-electron chi connectivity index (χ1n) is 10.6. The summed E-state index contributed by atoms with van der Waals surface area (Å²) >= 11 is 1.66. The van der Waals surface area contributed by atoms with Crippen molar-refractivity contribution in [2.45, 2.75) is 38.3 Å². The van der Waals surface area contributed by atoms with Crippen LogP contribution in [0.15, 0.2) is 35.7 Å². The molecule has 3 heterocycles. The van der Waals surface area contributed by atoms with Crippen molar-refractivity contribution in [3.8, 4) is 5.75 Å². The van der Waals surface area contributed by atoms with Crippen molar-refractivity contribution < 1.29 is 23.5 Å². The molecule has 0 aliphatic carbocycles. The number of fused-ring (bicyclic) bond motifs is 1. The molecule has 166 valence electrons. The van der Waals surface area contributed by atoms with Crippen molar-refractivity contribution in [2.24, 2.45) is 0 Å². The Bertz CT molecular complexity index is 928. The molecule has 31 heavy (non-hydrogen) atoms. The molecule has 0 unspecified atom stereocenters. The standard InChI is InChI=1S/C23H27FN2O4S/c1-16(27)25(13-17-5-4-11-29-17)14-23(28)26-10-8-22-18(9-12-31-22)20(26)15-30-21-7-3-2-6-19(21)24/h2-3,6-7,9,12,17,20H,4-5,8,10-11,13-15H2,1H3/t17-,20-/m0/s1. The van der Waals surface area contributed by atoms with Gasteiger partial charge in [0, 0.05) is 31.5 Å². The fourth-order valence-electron chi connectivity index (χ4n) is 4.20. The van der Waals surface area contributed by atoms with Crippen molar-refractivity contribution in [3.05, 3.63) is 52.0 Å². The summed E-state index contributed by atoms with van der Waals surface area (Å²) in [6.07, 6.45) is 2.63. The molecule has 1 saturated heterocycles. The number of hydrogen-bond acceptors (Lipinski definition) is 5. The van der Waals surface area contributed by atoms with E-state index in [0.717, 1.165) is 24.8 Å². The van der Waals surface area contributed by atoms with Crippen LogP contribution < -0.4 is 4.74 Å². The number of halogens is 1. The number of para-hydroxylation sites is 1. The van der Waals surface area contributed by atoms with Gasteiger partial charge in [-0.1, -0.05) is 12.1 Å². The van der Waals surface area contributed by atoms with Crippen molar-refractivity contribution in [1.29, 1.82) is 0 Å². The van der Waals surface area contributed by atoms with E-state index in [1.54, 1.807) is 39.3 Å². The molecule has 2 atom stereocenters. The molecule has 2 aliphatic rings. The zero-order valence-corrected chi connectivity index (χ0v) is 18.4. The second-order valence-corrected chi connectivity index (χ2v) is 8.93. The van der Waals surface area contributed by atoms with Crippen LogP contribution in [0, 0.1) is 5.82 Å². The lowest BCUT2D eigenvalue weighted by Gasteiger charge is -2.37. The van der Waals surface area contributed by atoms with E-state index in [9.17, 15) is 14.0 Å². The Hall–Kier alpha value is -2.45. The molecule has 0 saturated carbocycles. The fourth-order valence-corrected chi connectivity index (χ4v) is 5.13. The maximum absolute atomic E-state index is 14.0. The van der Waals surface area contributed by atoms with Crippen LogP contribution in [0.3, 0.4) is 0 Å². The number of benzene rings is 1. The molecule has 6 nitrogen and oxygen atoms in total. The quantitative estimate of drug-likeness (QED) is 0.654. The Kier molecular flexibility index (Phi) is 6.87. The van der Waals surface area contributed by atoms with Gasteiger partial charge in [0.05, 0.1) is 18.7 Å². The summed E-state index contributed by atoms with van der Waals surface area (Å²) in [5, 5.41) is 2.01. The maximum atomic E-state index is 14.0. The largest absolute Gasteiger partial charge is 0.488 e. The molecule has 0 spiro atoms. The summed E-state index contributed by atoms with van der Waals surface area (Å²) in [4.78, 5) is 30.0. The molecule has 4 rings (SSSR count). The van der Waals surface area contributed by atoms with E-state index in [4.69, 9.17) is 9.47 Å². The van der Waals surface area contributed by atoms with Crippen molar-refractivity contribution in [2.75, 3.05) is 32.8 Å². The first-order valence-corrected chi connectivity index (χ1v) is 11.5. The summed E-state index contributed by atoms with van der Waals surface area (Å²) < 4.78 is 25.5. The van der Waals surface area contributed by atoms with Crippen LogP contribution in [0.5, 0.6) is 5.75 Å². The molecule has 1 aromatic heterocycles. The molecule has 2 aliphatic heterocycles. The Labute approximate surface area is 185 Å². The Morgan fingerprint density at radius 2 is 2.16 bits per heavy atom. The lowest BCUT2D eigenvalue weighted by Crippen LogP contribution is -2.48. The van der Waals surface area contributed by atoms with Crippen LogP contribution in [0.25, 0.3) is 0 Å². The third-order valence-electron chi connectivity index (χ3n) is 5.87. The molecule has 1 aromatic carbocycles. The smallest absolute Gasteiger partial charge is 0.242 e. The van der Waals surface area contributed by atoms with Gasteiger partial charge in [0.25, 0.3) is 0 Å². The number of carbonyl (C=O) groups excluding carboxylic acids is 2. The monoisotopic (exact) mass is 446 g/mol. The van der Waals surface area contributed by atoms with E-state index in [0.29, 0.717) is 19.7 Å². The zero-order valence-electron chi connectivity index (χ0n) is 17.6. The highest BCUT2D eigenvalue weighted by Gasteiger charge is 2.34. The molecule has 8 heteroatoms. The number of hydrogen-bond donors (Lipinski definition) is 0. The van der Waals surface area contributed by atoms with Crippen LogP contribution in [0.2, 0.25) is 0 Å². The summed E-state index contributed by atoms with van der Waals surface area (Å²) in [6.45, 7) is 3.31. The molecule has 0 radical (unpaired) electrons. The van der Waals surface area contributed by atoms with E-state index in [1.165, 1.54) is 17.9 Å². The van der Waals surface area contributed by atoms with Crippen LogP contribution in [0.4, 0.5) is 4.39 Å². The van der Waals surface area contributed by atoms with Crippen molar-refractivity contribution in [3.63, 3.8) is 0 Å². The summed E-state index contributed by atoms with van der Waals surface area (Å²) in [5.74, 6) is -0.537. The highest BCUT2D eigenvalue weighted by atomic mass is 32.1. The van der Waals surface area contributed by atoms with Crippen LogP contribution >= 0.6 is 11.3 Å². The van der Waals surface area contributed by atoms with Crippen LogP contribution in [0.1, 0.15) is 36.2 Å². The van der Waals surface area contributed by atoms with E-state index in [1.807, 2.05) is 11.4 Å². The molecule has 0 bridgehead atoms. The maximum Gasteiger partial charge on any atom is 0.242 e. The summed E-state index contributed by atoms with van der Waals surface area (Å²) in [7, 11) is 0. The van der Waals surface area contributed by atoms with Gasteiger partial charge in [-0.05, 0) is 48.4 Å². The predicted molar refractivity (Wildman–Crippen MR) is 116 cm³/mol. The van der Waals surface area contributed by atoms with Crippen LogP contribution in [-0.2, 0) is 20.7 Å². The normalized spacial score (nSPS) is 20.4. The Balaban J connectivity index is 1.48. The first kappa shape index (κ1) is 21.8. The molecular weight excluding hydrogens is 419 g/mol. The van der Waals surface area contributed by atoms with Gasteiger partial charge in [0.15, 0.2) is 11.6 Å². The second kappa shape index (κ2) is 9.78. The molecule has 0 N–H and O–H groups in total. The van der Waals surface area contributed by atoms with E-state index in [2.05, 4.69) is 0 Å². The number of ether oxygens (including phenoxy) is 2. The molecule has 2 aromatic rings. The topological polar surface area (TPSA) is 59.1 Å². The summed E-state index contributed by atoms with van der Waals surface area (Å²) in [5.41, 5.74) is 1.04. The van der Waals surface area contributed by atoms with Crippen molar-refractivity contribution in [1.82, 2.24) is 9.80 Å². The minimum atomic E-state index is -0.430. The highest BCUT2D eigenvalue weighted by Crippen LogP contribution is 2.34. The average Bonchev–Trinajstić information content (AvgIpc) is 3.44. The van der Waals surface area contributed by atoms with Gasteiger partial charge in [0.2, 0.25) is 11.8 Å². The fraction of sp³-hybridized carbons (Fsp3) is 0.478. The minimum Gasteiger partial charge on any atom is -0.488 e. The lowest BCUT2D eigenvalue weighted by atomic mass is 10.0. The molecule has 2 amide bonds. The van der Waals surface area contributed by atoms with Gasteiger partial charge in [-0.25, -0.2) is 4.39 Å². The Morgan fingerprint density at radius 3 is 2.90 bits per heavy atom. The number of thiophene rings is 1. The highest BCUT2D eigenvalue weighted by molar-refractivity contribution is 7.10. The average molecular weight is 447 g/mol. The van der Waals surface area contributed by atoms with E-state index in [-0.39, 0.29) is 42.9 Å². The number of amides is 2. The van der Waals surface area contributed by atoms with Gasteiger partial charge in [-0.15, -0.1) is 11.3 Å². The third-order valence-corrected chi connectivity index (χ3v) is 6.86. The summed E-state index contributed by atoms with van der Waals surface area (Å²) in [6, 6.07) is 7.94. The van der Waals surface area contributed by atoms with E-state index < -0.39 is 5.82 Å². The number of nitrogens with zero attached hydrogens (tertiary/aromatic N) is 2. The first-order chi connectivity index (χ1) is 15.0. The van der Waals surface area contributed by atoms with Gasteiger partial charge in [-0.2, -0.15) is 0 Å². The van der Waals surface area contributed by atoms with Gasteiger partial charge >= 0.3 is 0 Å². The minimum absolute atomic E-state index is 0.00482. The number of rotatable bonds is 7. The second-order valence-electron chi connectivity index (χ2n) is 7.93. The van der Waals surface area contributed by atoms with Crippen molar-refractivity contribution >= 4 is 23.2 Å². The predicted octanol–water partition coefficient (Wildman–Crippen LogP) is 3.42. The molecular formula is C23H27FN2O4S. The van der Waals surface area contributed by atoms with Gasteiger partial charge in [-0.3, -0.25) is 9.59 Å². The van der Waals surface area contributed by atoms with Gasteiger partial charge in [0.1, 0.15) is 6.61 Å². The van der Waals surface area contributed by atoms with Gasteiger partial charge < -0.3 is 19.3 Å². The zero-order chi connectivity index (χ0) is 21.8. The molecule has 1 fully saturated rings. The SMILES string of the molecule is CC(=O)N(CC(=O)N1CCc2sccc2[C@@H]1COc1ccccc1F)C[C@@H]1CCCO1. The Morgan fingerprint density at radius 1 is 1.32 bits per heavy atom. The van der Waals surface area contributed by atoms with E-state index >= 15 is 0 Å². The third kappa shape index (κ3) is 5.07. The lowest BCUT2D eigenvalue weighted by molar-refractivity contribution is -0.142. The van der Waals surface area contributed by atoms with Crippen LogP contribution in [-0.4, -0.2) is 60.6 Å². The number of carbonyl (C=O) groups is 2.